The summed E-state index contributed by atoms with van der Waals surface area (Å²) >= 11 is 0. The topological polar surface area (TPSA) is 47.6 Å². The molecule has 1 N–H and O–H groups in total. The van der Waals surface area contributed by atoms with Crippen molar-refractivity contribution in [1.29, 1.82) is 0 Å². The molecule has 1 aromatic rings. The highest BCUT2D eigenvalue weighted by Crippen LogP contribution is 2.30. The van der Waals surface area contributed by atoms with Gasteiger partial charge in [0, 0.05) is 6.42 Å². The highest BCUT2D eigenvalue weighted by molar-refractivity contribution is 5.75. The molecule has 2 rings (SSSR count). The van der Waals surface area contributed by atoms with E-state index in [9.17, 15) is 4.79 Å². The molecule has 0 aliphatic carbocycles. The number of nitrogens with one attached hydrogen (secondary N) is 1. The third-order valence-corrected chi connectivity index (χ3v) is 3.20. The molecular formula is C16H23NO3. The molecule has 1 atom stereocenters. The van der Waals surface area contributed by atoms with Crippen LogP contribution in [-0.2, 0) is 4.79 Å². The minimum absolute atomic E-state index is 0.0717. The minimum atomic E-state index is -0.122. The second-order valence-corrected chi connectivity index (χ2v) is 6.36. The zero-order chi connectivity index (χ0) is 14.6. The van der Waals surface area contributed by atoms with E-state index in [1.807, 2.05) is 24.3 Å². The summed E-state index contributed by atoms with van der Waals surface area (Å²) < 4.78 is 11.4. The van der Waals surface area contributed by atoms with Gasteiger partial charge in [0.05, 0.1) is 6.54 Å². The maximum atomic E-state index is 11.8. The summed E-state index contributed by atoms with van der Waals surface area (Å²) in [5, 5.41) is 2.91. The van der Waals surface area contributed by atoms with E-state index in [0.717, 1.165) is 17.9 Å². The second kappa shape index (κ2) is 6.16. The standard InChI is InChI=1S/C16H23NO3/c1-16(2,3)9-8-15(18)17-10-12-11-19-13-6-4-5-7-14(13)20-12/h4-7,12H,8-11H2,1-3H3,(H,17,18). The number of hydrogen-bond donors (Lipinski definition) is 1. The van der Waals surface area contributed by atoms with Gasteiger partial charge < -0.3 is 14.8 Å². The lowest BCUT2D eigenvalue weighted by atomic mass is 9.90. The number of hydrogen-bond acceptors (Lipinski definition) is 3. The van der Waals surface area contributed by atoms with Crippen molar-refractivity contribution < 1.29 is 14.3 Å². The molecule has 0 fully saturated rings. The third-order valence-electron chi connectivity index (χ3n) is 3.20. The predicted octanol–water partition coefficient (Wildman–Crippen LogP) is 2.77. The fourth-order valence-electron chi connectivity index (χ4n) is 1.97. The number of amides is 1. The Morgan fingerprint density at radius 1 is 1.30 bits per heavy atom. The van der Waals surface area contributed by atoms with Gasteiger partial charge in [-0.1, -0.05) is 32.9 Å². The molecule has 0 radical (unpaired) electrons. The van der Waals surface area contributed by atoms with Gasteiger partial charge in [0.15, 0.2) is 11.5 Å². The smallest absolute Gasteiger partial charge is 0.220 e. The Labute approximate surface area is 120 Å². The van der Waals surface area contributed by atoms with E-state index in [2.05, 4.69) is 26.1 Å². The summed E-state index contributed by atoms with van der Waals surface area (Å²) in [4.78, 5) is 11.8. The summed E-state index contributed by atoms with van der Waals surface area (Å²) in [6.45, 7) is 7.35. The molecule has 20 heavy (non-hydrogen) atoms. The first kappa shape index (κ1) is 14.7. The number of fused-ring (bicyclic) bond motifs is 1. The van der Waals surface area contributed by atoms with Crippen LogP contribution < -0.4 is 14.8 Å². The number of carbonyl (C=O) groups is 1. The Bertz CT molecular complexity index is 465. The summed E-state index contributed by atoms with van der Waals surface area (Å²) in [6, 6.07) is 7.58. The molecule has 0 aromatic heterocycles. The van der Waals surface area contributed by atoms with E-state index in [-0.39, 0.29) is 17.4 Å². The van der Waals surface area contributed by atoms with Crippen LogP contribution in [-0.4, -0.2) is 25.2 Å². The normalized spacial score (nSPS) is 17.6. The summed E-state index contributed by atoms with van der Waals surface area (Å²) in [7, 11) is 0. The Morgan fingerprint density at radius 2 is 2.00 bits per heavy atom. The lowest BCUT2D eigenvalue weighted by molar-refractivity contribution is -0.122. The van der Waals surface area contributed by atoms with Crippen molar-refractivity contribution in [3.63, 3.8) is 0 Å². The van der Waals surface area contributed by atoms with Crippen molar-refractivity contribution >= 4 is 5.91 Å². The second-order valence-electron chi connectivity index (χ2n) is 6.36. The van der Waals surface area contributed by atoms with Crippen LogP contribution in [0.15, 0.2) is 24.3 Å². The average Bonchev–Trinajstić information content (AvgIpc) is 2.42. The number of ether oxygens (including phenoxy) is 2. The number of benzene rings is 1. The molecule has 1 aliphatic rings. The van der Waals surface area contributed by atoms with Crippen LogP contribution in [0.5, 0.6) is 11.5 Å². The molecule has 1 aliphatic heterocycles. The fourth-order valence-corrected chi connectivity index (χ4v) is 1.97. The first-order chi connectivity index (χ1) is 9.44. The molecule has 4 nitrogen and oxygen atoms in total. The van der Waals surface area contributed by atoms with Gasteiger partial charge in [-0.2, -0.15) is 0 Å². The van der Waals surface area contributed by atoms with Crippen LogP contribution in [0.2, 0.25) is 0 Å². The van der Waals surface area contributed by atoms with Crippen LogP contribution in [0.3, 0.4) is 0 Å². The Hall–Kier alpha value is -1.71. The number of para-hydroxylation sites is 2. The van der Waals surface area contributed by atoms with Crippen molar-refractivity contribution in [1.82, 2.24) is 5.32 Å². The Balaban J connectivity index is 1.75. The quantitative estimate of drug-likeness (QED) is 0.920. The van der Waals surface area contributed by atoms with E-state index in [1.54, 1.807) is 0 Å². The SMILES string of the molecule is CC(C)(C)CCC(=O)NCC1COc2ccccc2O1. The van der Waals surface area contributed by atoms with Crippen LogP contribution >= 0.6 is 0 Å². The molecule has 0 bridgehead atoms. The molecule has 1 heterocycles. The first-order valence-electron chi connectivity index (χ1n) is 7.09. The highest BCUT2D eigenvalue weighted by Gasteiger charge is 2.21. The van der Waals surface area contributed by atoms with Gasteiger partial charge in [0.2, 0.25) is 5.91 Å². The van der Waals surface area contributed by atoms with Crippen molar-refractivity contribution in [3.8, 4) is 11.5 Å². The molecule has 0 saturated heterocycles. The average molecular weight is 277 g/mol. The maximum absolute atomic E-state index is 11.8. The minimum Gasteiger partial charge on any atom is -0.486 e. The van der Waals surface area contributed by atoms with E-state index < -0.39 is 0 Å². The Kier molecular flexibility index (Phi) is 4.53. The van der Waals surface area contributed by atoms with Gasteiger partial charge in [0.1, 0.15) is 12.7 Å². The monoisotopic (exact) mass is 277 g/mol. The first-order valence-corrected chi connectivity index (χ1v) is 7.09. The van der Waals surface area contributed by atoms with Crippen LogP contribution in [0.1, 0.15) is 33.6 Å². The predicted molar refractivity (Wildman–Crippen MR) is 78.1 cm³/mol. The van der Waals surface area contributed by atoms with Gasteiger partial charge >= 0.3 is 0 Å². The zero-order valence-electron chi connectivity index (χ0n) is 12.4. The summed E-state index contributed by atoms with van der Waals surface area (Å²) in [5.74, 6) is 1.58. The van der Waals surface area contributed by atoms with E-state index in [0.29, 0.717) is 19.6 Å². The van der Waals surface area contributed by atoms with Crippen molar-refractivity contribution in [2.75, 3.05) is 13.2 Å². The van der Waals surface area contributed by atoms with Crippen LogP contribution in [0.25, 0.3) is 0 Å². The van der Waals surface area contributed by atoms with Crippen molar-refractivity contribution in [3.05, 3.63) is 24.3 Å². The van der Waals surface area contributed by atoms with Crippen LogP contribution in [0, 0.1) is 5.41 Å². The molecule has 0 saturated carbocycles. The third kappa shape index (κ3) is 4.44. The summed E-state index contributed by atoms with van der Waals surface area (Å²) in [5.41, 5.74) is 0.181. The maximum Gasteiger partial charge on any atom is 0.220 e. The fraction of sp³-hybridized carbons (Fsp3) is 0.562. The van der Waals surface area contributed by atoms with Crippen LogP contribution in [0.4, 0.5) is 0 Å². The molecule has 4 heteroatoms. The van der Waals surface area contributed by atoms with E-state index in [1.165, 1.54) is 0 Å². The van der Waals surface area contributed by atoms with Gasteiger partial charge in [-0.15, -0.1) is 0 Å². The largest absolute Gasteiger partial charge is 0.486 e. The molecule has 1 amide bonds. The van der Waals surface area contributed by atoms with Gasteiger partial charge in [-0.25, -0.2) is 0 Å². The van der Waals surface area contributed by atoms with Gasteiger partial charge in [-0.05, 0) is 24.0 Å². The zero-order valence-corrected chi connectivity index (χ0v) is 12.4. The van der Waals surface area contributed by atoms with Crippen molar-refractivity contribution in [2.45, 2.75) is 39.7 Å². The van der Waals surface area contributed by atoms with Gasteiger partial charge in [-0.3, -0.25) is 4.79 Å². The lowest BCUT2D eigenvalue weighted by Gasteiger charge is -2.26. The van der Waals surface area contributed by atoms with E-state index in [4.69, 9.17) is 9.47 Å². The molecular weight excluding hydrogens is 254 g/mol. The number of rotatable bonds is 4. The molecule has 1 aromatic carbocycles. The van der Waals surface area contributed by atoms with Gasteiger partial charge in [0.25, 0.3) is 0 Å². The Morgan fingerprint density at radius 3 is 2.70 bits per heavy atom. The number of carbonyl (C=O) groups excluding carboxylic acids is 1. The highest BCUT2D eigenvalue weighted by atomic mass is 16.6. The van der Waals surface area contributed by atoms with Crippen molar-refractivity contribution in [2.24, 2.45) is 5.41 Å². The molecule has 0 spiro atoms. The molecule has 1 unspecified atom stereocenters. The lowest BCUT2D eigenvalue weighted by Crippen LogP contribution is -2.40. The summed E-state index contributed by atoms with van der Waals surface area (Å²) in [6.07, 6.45) is 1.31. The van der Waals surface area contributed by atoms with E-state index >= 15 is 0 Å². The molecule has 110 valence electrons.